The number of likely N-dealkylation sites (tertiary alicyclic amines) is 1. The van der Waals surface area contributed by atoms with E-state index in [4.69, 9.17) is 14.2 Å². The number of esters is 2. The first-order chi connectivity index (χ1) is 17.8. The molecule has 0 spiro atoms. The molecule has 3 atom stereocenters. The fraction of sp³-hybridized carbons (Fsp3) is 0.357. The van der Waals surface area contributed by atoms with Crippen molar-refractivity contribution >= 4 is 44.3 Å². The third-order valence-electron chi connectivity index (χ3n) is 7.47. The van der Waals surface area contributed by atoms with Crippen LogP contribution in [0.2, 0.25) is 0 Å². The Labute approximate surface area is 217 Å². The number of aromatic nitrogens is 1. The number of carbonyl (C=O) groups is 2. The largest absolute Gasteiger partial charge is 0.451 e. The smallest absolute Gasteiger partial charge is 0.418 e. The number of hydrogen-bond acceptors (Lipinski definition) is 8. The normalized spacial score (nSPS) is 22.8. The first-order valence-electron chi connectivity index (χ1n) is 12.5. The van der Waals surface area contributed by atoms with Crippen LogP contribution < -0.4 is 4.74 Å². The van der Waals surface area contributed by atoms with Crippen LogP contribution in [0.3, 0.4) is 0 Å². The van der Waals surface area contributed by atoms with E-state index in [9.17, 15) is 14.7 Å². The fourth-order valence-electron chi connectivity index (χ4n) is 5.42. The van der Waals surface area contributed by atoms with E-state index in [2.05, 4.69) is 48.0 Å². The van der Waals surface area contributed by atoms with Crippen molar-refractivity contribution in [1.29, 1.82) is 0 Å². The lowest BCUT2D eigenvalue weighted by Crippen LogP contribution is -2.56. The number of benzene rings is 2. The van der Waals surface area contributed by atoms with Crippen molar-refractivity contribution < 1.29 is 28.9 Å². The highest BCUT2D eigenvalue weighted by Gasteiger charge is 2.58. The summed E-state index contributed by atoms with van der Waals surface area (Å²) in [7, 11) is 0. The second-order valence-corrected chi connectivity index (χ2v) is 11.0. The number of cyclic esters (lactones) is 2. The Bertz CT molecular complexity index is 1480. The highest BCUT2D eigenvalue weighted by Crippen LogP contribution is 2.40. The third-order valence-corrected chi connectivity index (χ3v) is 8.74. The number of β-amino-alcohol motifs (C(OH)–C–C–N with tert-alkyl or cyclic N) is 1. The predicted molar refractivity (Wildman–Crippen MR) is 139 cm³/mol. The molecule has 4 aromatic rings. The number of thiophene rings is 1. The van der Waals surface area contributed by atoms with Gasteiger partial charge in [0.25, 0.3) is 0 Å². The Balaban J connectivity index is 1.19. The summed E-state index contributed by atoms with van der Waals surface area (Å²) < 4.78 is 17.8. The van der Waals surface area contributed by atoms with Crippen molar-refractivity contribution in [2.45, 2.75) is 50.7 Å². The van der Waals surface area contributed by atoms with Crippen molar-refractivity contribution in [3.8, 4) is 5.75 Å². The number of aromatic amines is 1. The van der Waals surface area contributed by atoms with Crippen LogP contribution in [0.5, 0.6) is 5.75 Å². The van der Waals surface area contributed by atoms with Crippen LogP contribution in [-0.2, 0) is 19.1 Å². The van der Waals surface area contributed by atoms with Crippen molar-refractivity contribution in [2.24, 2.45) is 0 Å². The van der Waals surface area contributed by atoms with Gasteiger partial charge in [0.1, 0.15) is 5.75 Å². The molecule has 2 N–H and O–H groups in total. The standard InChI is InChI=1S/C28H28N2O6S/c1-16-5-3-8-23-20(16)14-24(37-23)18-10-12-30(17(2)13-18)15-25(31)28(35-26(32)27(33)36-28)34-22-7-4-6-21-19(22)9-11-29-21/h3-9,11,14,17-18,25,29,31H,10,12-13,15H2,1-2H3/t17-,18-,25+/m1/s1. The monoisotopic (exact) mass is 520 g/mol. The quantitative estimate of drug-likeness (QED) is 0.286. The molecule has 2 fully saturated rings. The molecule has 0 aliphatic carbocycles. The molecular weight excluding hydrogens is 492 g/mol. The van der Waals surface area contributed by atoms with Crippen molar-refractivity contribution in [2.75, 3.05) is 13.1 Å². The minimum atomic E-state index is -2.25. The lowest BCUT2D eigenvalue weighted by molar-refractivity contribution is -0.319. The molecule has 2 aromatic heterocycles. The molecule has 0 amide bonds. The summed E-state index contributed by atoms with van der Waals surface area (Å²) in [6, 6.07) is 16.0. The molecule has 2 aliphatic heterocycles. The highest BCUT2D eigenvalue weighted by atomic mass is 32.1. The van der Waals surface area contributed by atoms with Crippen LogP contribution in [0.25, 0.3) is 21.0 Å². The first kappa shape index (κ1) is 24.0. The van der Waals surface area contributed by atoms with Gasteiger partial charge >= 0.3 is 17.9 Å². The number of nitrogens with one attached hydrogen (secondary N) is 1. The number of hydrogen-bond donors (Lipinski definition) is 2. The summed E-state index contributed by atoms with van der Waals surface area (Å²) in [5.41, 5.74) is 2.08. The second kappa shape index (κ2) is 9.16. The molecule has 9 heteroatoms. The number of nitrogens with zero attached hydrogens (tertiary/aromatic N) is 1. The van der Waals surface area contributed by atoms with E-state index in [0.29, 0.717) is 17.1 Å². The summed E-state index contributed by atoms with van der Waals surface area (Å²) in [4.78, 5) is 30.7. The molecule has 37 heavy (non-hydrogen) atoms. The molecule has 2 aromatic carbocycles. The summed E-state index contributed by atoms with van der Waals surface area (Å²) >= 11 is 1.85. The maximum Gasteiger partial charge on any atom is 0.451 e. The van der Waals surface area contributed by atoms with Gasteiger partial charge < -0.3 is 24.3 Å². The van der Waals surface area contributed by atoms with Crippen LogP contribution in [0.1, 0.15) is 36.1 Å². The number of ether oxygens (including phenoxy) is 3. The van der Waals surface area contributed by atoms with Gasteiger partial charge in [0.05, 0.1) is 0 Å². The van der Waals surface area contributed by atoms with Crippen LogP contribution in [-0.4, -0.2) is 58.1 Å². The molecule has 0 radical (unpaired) electrons. The van der Waals surface area contributed by atoms with Crippen LogP contribution in [0.4, 0.5) is 0 Å². The number of aryl methyl sites for hydroxylation is 1. The van der Waals surface area contributed by atoms with E-state index in [1.807, 2.05) is 17.4 Å². The topological polar surface area (TPSA) is 101 Å². The van der Waals surface area contributed by atoms with Gasteiger partial charge in [-0.25, -0.2) is 9.59 Å². The van der Waals surface area contributed by atoms with Gasteiger partial charge in [-0.3, -0.25) is 4.90 Å². The van der Waals surface area contributed by atoms with Gasteiger partial charge in [-0.1, -0.05) is 18.2 Å². The number of H-pyrrole nitrogens is 1. The molecule has 0 unspecified atom stereocenters. The van der Waals surface area contributed by atoms with Crippen LogP contribution in [0, 0.1) is 6.92 Å². The molecule has 0 saturated carbocycles. The number of carbonyl (C=O) groups excluding carboxylic acids is 2. The number of piperidine rings is 1. The molecule has 192 valence electrons. The van der Waals surface area contributed by atoms with Gasteiger partial charge in [0.15, 0.2) is 6.10 Å². The van der Waals surface area contributed by atoms with Gasteiger partial charge in [-0.15, -0.1) is 11.3 Å². The van der Waals surface area contributed by atoms with E-state index in [1.54, 1.807) is 24.4 Å². The minimum Gasteiger partial charge on any atom is -0.418 e. The average molecular weight is 521 g/mol. The minimum absolute atomic E-state index is 0.114. The average Bonchev–Trinajstić information content (AvgIpc) is 3.59. The molecule has 2 saturated heterocycles. The SMILES string of the molecule is Cc1cccc2sc([C@@H]3CCN(C[C@H](O)C4(Oc5cccc6[nH]ccc56)OC(=O)C(=O)O4)[C@H](C)C3)cc12. The van der Waals surface area contributed by atoms with E-state index < -0.39 is 24.0 Å². The summed E-state index contributed by atoms with van der Waals surface area (Å²) in [6.45, 7) is 5.12. The van der Waals surface area contributed by atoms with Gasteiger partial charge in [0.2, 0.25) is 0 Å². The van der Waals surface area contributed by atoms with Crippen molar-refractivity contribution in [1.82, 2.24) is 9.88 Å². The fourth-order valence-corrected chi connectivity index (χ4v) is 6.71. The number of aliphatic hydroxyl groups is 1. The summed E-state index contributed by atoms with van der Waals surface area (Å²) in [5.74, 6) is -3.87. The van der Waals surface area contributed by atoms with E-state index in [-0.39, 0.29) is 12.6 Å². The Morgan fingerprint density at radius 2 is 1.95 bits per heavy atom. The third kappa shape index (κ3) is 4.27. The lowest BCUT2D eigenvalue weighted by Gasteiger charge is -2.40. The van der Waals surface area contributed by atoms with Crippen LogP contribution >= 0.6 is 11.3 Å². The van der Waals surface area contributed by atoms with Crippen LogP contribution in [0.15, 0.2) is 54.7 Å². The van der Waals surface area contributed by atoms with Gasteiger partial charge in [-0.2, -0.15) is 0 Å². The van der Waals surface area contributed by atoms with Crippen molar-refractivity contribution in [3.05, 3.63) is 65.2 Å². The summed E-state index contributed by atoms with van der Waals surface area (Å²) in [5, 5.41) is 13.3. The molecule has 0 bridgehead atoms. The van der Waals surface area contributed by atoms with E-state index in [0.717, 1.165) is 24.9 Å². The zero-order chi connectivity index (χ0) is 25.7. The van der Waals surface area contributed by atoms with Gasteiger partial charge in [0, 0.05) is 39.3 Å². The maximum absolute atomic E-state index is 12.0. The Morgan fingerprint density at radius 1 is 1.16 bits per heavy atom. The van der Waals surface area contributed by atoms with E-state index in [1.165, 1.54) is 20.5 Å². The maximum atomic E-state index is 12.0. The zero-order valence-corrected chi connectivity index (χ0v) is 21.4. The number of rotatable bonds is 6. The Morgan fingerprint density at radius 3 is 2.70 bits per heavy atom. The molecule has 2 aliphatic rings. The zero-order valence-electron chi connectivity index (χ0n) is 20.6. The molecule has 6 rings (SSSR count). The second-order valence-electron chi connectivity index (χ2n) is 9.90. The lowest BCUT2D eigenvalue weighted by atomic mass is 9.89. The first-order valence-corrected chi connectivity index (χ1v) is 13.3. The van der Waals surface area contributed by atoms with E-state index >= 15 is 0 Å². The molecular formula is C28H28N2O6S. The Kier molecular flexibility index (Phi) is 5.94. The number of aliphatic hydroxyl groups excluding tert-OH is 1. The predicted octanol–water partition coefficient (Wildman–Crippen LogP) is 4.45. The summed E-state index contributed by atoms with van der Waals surface area (Å²) in [6.07, 6.45) is 2.19. The number of fused-ring (bicyclic) bond motifs is 2. The Hall–Kier alpha value is -3.40. The molecule has 4 heterocycles. The molecule has 8 nitrogen and oxygen atoms in total. The van der Waals surface area contributed by atoms with Gasteiger partial charge in [-0.05, 0) is 80.4 Å². The van der Waals surface area contributed by atoms with Crippen molar-refractivity contribution in [3.63, 3.8) is 0 Å². The highest BCUT2D eigenvalue weighted by molar-refractivity contribution is 7.19.